The van der Waals surface area contributed by atoms with Crippen LogP contribution in [0, 0.1) is 0 Å². The molecule has 0 radical (unpaired) electrons. The summed E-state index contributed by atoms with van der Waals surface area (Å²) in [7, 11) is 0. The summed E-state index contributed by atoms with van der Waals surface area (Å²) in [6, 6.07) is 2.63. The van der Waals surface area contributed by atoms with Crippen LogP contribution in [0.5, 0.6) is 0 Å². The van der Waals surface area contributed by atoms with E-state index in [1.54, 1.807) is 0 Å². The molecule has 2 rings (SSSR count). The summed E-state index contributed by atoms with van der Waals surface area (Å²) < 4.78 is 1.90. The third kappa shape index (κ3) is 2.35. The summed E-state index contributed by atoms with van der Waals surface area (Å²) in [4.78, 5) is 4.28. The lowest BCUT2D eigenvalue weighted by atomic mass is 9.99. The van der Waals surface area contributed by atoms with Gasteiger partial charge in [0.25, 0.3) is 0 Å². The fraction of sp³-hybridized carbons (Fsp3) is 0.500. The predicted molar refractivity (Wildman–Crippen MR) is 64.2 cm³/mol. The van der Waals surface area contributed by atoms with Gasteiger partial charge >= 0.3 is 0 Å². The molecule has 0 bridgehead atoms. The van der Waals surface area contributed by atoms with Crippen LogP contribution in [0.4, 0.5) is 0 Å². The Balaban J connectivity index is 2.18. The summed E-state index contributed by atoms with van der Waals surface area (Å²) >= 11 is 6.85. The Morgan fingerprint density at radius 3 is 2.86 bits per heavy atom. The quantitative estimate of drug-likeness (QED) is 0.802. The van der Waals surface area contributed by atoms with Crippen molar-refractivity contribution in [2.75, 3.05) is 6.54 Å². The lowest BCUT2D eigenvalue weighted by Gasteiger charge is -2.23. The molecule has 76 valence electrons. The maximum Gasteiger partial charge on any atom is 0.120 e. The highest BCUT2D eigenvalue weighted by Crippen LogP contribution is 2.27. The van der Waals surface area contributed by atoms with Crippen molar-refractivity contribution in [2.45, 2.75) is 25.3 Å². The summed E-state index contributed by atoms with van der Waals surface area (Å²) in [6.45, 7) is 1.12. The molecule has 1 aliphatic heterocycles. The van der Waals surface area contributed by atoms with Crippen molar-refractivity contribution in [3.05, 3.63) is 26.9 Å². The fourth-order valence-corrected chi connectivity index (χ4v) is 2.35. The summed E-state index contributed by atoms with van der Waals surface area (Å²) in [6.07, 6.45) is 5.76. The molecular formula is C10H12Br2N2. The largest absolute Gasteiger partial charge is 0.310 e. The van der Waals surface area contributed by atoms with E-state index in [1.165, 1.54) is 24.8 Å². The Labute approximate surface area is 101 Å². The van der Waals surface area contributed by atoms with Gasteiger partial charge in [-0.25, -0.2) is 4.98 Å². The molecule has 1 fully saturated rings. The molecular weight excluding hydrogens is 308 g/mol. The Hall–Kier alpha value is 0.0700. The minimum Gasteiger partial charge on any atom is -0.310 e. The van der Waals surface area contributed by atoms with Crippen LogP contribution in [0.15, 0.2) is 21.3 Å². The molecule has 0 amide bonds. The third-order valence-corrected chi connectivity index (χ3v) is 4.30. The summed E-state index contributed by atoms with van der Waals surface area (Å²) in [5, 5.41) is 3.51. The van der Waals surface area contributed by atoms with E-state index in [1.807, 2.05) is 6.20 Å². The van der Waals surface area contributed by atoms with Gasteiger partial charge in [-0.2, -0.15) is 0 Å². The lowest BCUT2D eigenvalue weighted by Crippen LogP contribution is -2.26. The van der Waals surface area contributed by atoms with Crippen molar-refractivity contribution in [2.24, 2.45) is 0 Å². The van der Waals surface area contributed by atoms with E-state index < -0.39 is 0 Å². The average molecular weight is 320 g/mol. The normalized spacial score (nSPS) is 22.3. The van der Waals surface area contributed by atoms with Crippen LogP contribution in [-0.2, 0) is 0 Å². The zero-order valence-corrected chi connectivity index (χ0v) is 10.9. The minimum absolute atomic E-state index is 0.487. The van der Waals surface area contributed by atoms with Gasteiger partial charge < -0.3 is 5.32 Å². The molecule has 1 saturated heterocycles. The lowest BCUT2D eigenvalue weighted by molar-refractivity contribution is 0.411. The van der Waals surface area contributed by atoms with E-state index in [2.05, 4.69) is 48.2 Å². The van der Waals surface area contributed by atoms with Gasteiger partial charge in [0, 0.05) is 12.2 Å². The maximum absolute atomic E-state index is 4.28. The van der Waals surface area contributed by atoms with E-state index in [4.69, 9.17) is 0 Å². The highest BCUT2D eigenvalue weighted by molar-refractivity contribution is 9.13. The van der Waals surface area contributed by atoms with Crippen molar-refractivity contribution in [3.8, 4) is 0 Å². The van der Waals surface area contributed by atoms with Crippen molar-refractivity contribution in [1.29, 1.82) is 0 Å². The smallest absolute Gasteiger partial charge is 0.120 e. The number of piperidine rings is 1. The number of nitrogens with one attached hydrogen (secondary N) is 1. The molecule has 4 heteroatoms. The first-order valence-electron chi connectivity index (χ1n) is 4.81. The second kappa shape index (κ2) is 4.73. The molecule has 1 aliphatic rings. The average Bonchev–Trinajstić information content (AvgIpc) is 2.23. The zero-order valence-electron chi connectivity index (χ0n) is 7.76. The summed E-state index contributed by atoms with van der Waals surface area (Å²) in [5.41, 5.74) is 1.28. The first kappa shape index (κ1) is 10.6. The highest BCUT2D eigenvalue weighted by atomic mass is 79.9. The van der Waals surface area contributed by atoms with E-state index in [-0.39, 0.29) is 0 Å². The van der Waals surface area contributed by atoms with Crippen molar-refractivity contribution in [1.82, 2.24) is 10.3 Å². The second-order valence-electron chi connectivity index (χ2n) is 3.54. The molecule has 14 heavy (non-hydrogen) atoms. The van der Waals surface area contributed by atoms with E-state index in [0.29, 0.717) is 6.04 Å². The van der Waals surface area contributed by atoms with Gasteiger partial charge in [-0.3, -0.25) is 0 Å². The third-order valence-electron chi connectivity index (χ3n) is 2.53. The van der Waals surface area contributed by atoms with E-state index in [9.17, 15) is 0 Å². The van der Waals surface area contributed by atoms with Crippen LogP contribution < -0.4 is 5.32 Å². The number of rotatable bonds is 1. The van der Waals surface area contributed by atoms with E-state index >= 15 is 0 Å². The number of nitrogens with zero attached hydrogens (tertiary/aromatic N) is 1. The molecule has 2 heterocycles. The minimum atomic E-state index is 0.487. The molecule has 0 aromatic carbocycles. The van der Waals surface area contributed by atoms with E-state index in [0.717, 1.165) is 15.6 Å². The SMILES string of the molecule is Brc1cc([C@H]2CCCCN2)cnc1Br. The Morgan fingerprint density at radius 1 is 1.36 bits per heavy atom. The standard InChI is InChI=1S/C10H12Br2N2/c11-8-5-7(6-14-10(8)12)9-3-1-2-4-13-9/h5-6,9,13H,1-4H2/t9-/m1/s1. The number of hydrogen-bond donors (Lipinski definition) is 1. The molecule has 1 atom stereocenters. The number of hydrogen-bond acceptors (Lipinski definition) is 2. The van der Waals surface area contributed by atoms with Gasteiger partial charge in [0.05, 0.1) is 4.47 Å². The van der Waals surface area contributed by atoms with Gasteiger partial charge in [-0.1, -0.05) is 6.42 Å². The Bertz CT molecular complexity index is 322. The van der Waals surface area contributed by atoms with Crippen molar-refractivity contribution in [3.63, 3.8) is 0 Å². The van der Waals surface area contributed by atoms with Gasteiger partial charge in [-0.05, 0) is 62.9 Å². The second-order valence-corrected chi connectivity index (χ2v) is 5.15. The van der Waals surface area contributed by atoms with Gasteiger partial charge in [0.1, 0.15) is 4.60 Å². The van der Waals surface area contributed by atoms with Gasteiger partial charge in [-0.15, -0.1) is 0 Å². The van der Waals surface area contributed by atoms with Crippen molar-refractivity contribution >= 4 is 31.9 Å². The molecule has 0 unspecified atom stereocenters. The molecule has 1 N–H and O–H groups in total. The predicted octanol–water partition coefficient (Wildman–Crippen LogP) is 3.42. The molecule has 0 saturated carbocycles. The monoisotopic (exact) mass is 318 g/mol. The molecule has 0 aliphatic carbocycles. The number of halogens is 2. The van der Waals surface area contributed by atoms with Crippen LogP contribution in [0.25, 0.3) is 0 Å². The maximum atomic E-state index is 4.28. The fourth-order valence-electron chi connectivity index (χ4n) is 1.76. The highest BCUT2D eigenvalue weighted by Gasteiger charge is 2.15. The van der Waals surface area contributed by atoms with Gasteiger partial charge in [0.15, 0.2) is 0 Å². The van der Waals surface area contributed by atoms with Gasteiger partial charge in [0.2, 0.25) is 0 Å². The first-order chi connectivity index (χ1) is 6.77. The van der Waals surface area contributed by atoms with Crippen LogP contribution in [-0.4, -0.2) is 11.5 Å². The van der Waals surface area contributed by atoms with Crippen LogP contribution in [0.2, 0.25) is 0 Å². The van der Waals surface area contributed by atoms with Crippen molar-refractivity contribution < 1.29 is 0 Å². The summed E-state index contributed by atoms with van der Waals surface area (Å²) in [5.74, 6) is 0. The molecule has 1 aromatic rings. The van der Waals surface area contributed by atoms with Crippen LogP contribution in [0.1, 0.15) is 30.9 Å². The van der Waals surface area contributed by atoms with Crippen LogP contribution in [0.3, 0.4) is 0 Å². The Morgan fingerprint density at radius 2 is 2.21 bits per heavy atom. The molecule has 1 aromatic heterocycles. The van der Waals surface area contributed by atoms with Crippen LogP contribution >= 0.6 is 31.9 Å². The first-order valence-corrected chi connectivity index (χ1v) is 6.40. The number of aromatic nitrogens is 1. The topological polar surface area (TPSA) is 24.9 Å². The molecule has 0 spiro atoms. The number of pyridine rings is 1. The molecule has 2 nitrogen and oxygen atoms in total. The zero-order chi connectivity index (χ0) is 9.97. The Kier molecular flexibility index (Phi) is 3.57.